The van der Waals surface area contributed by atoms with Gasteiger partial charge in [-0.2, -0.15) is 13.2 Å². The summed E-state index contributed by atoms with van der Waals surface area (Å²) in [7, 11) is 0. The molecule has 0 saturated carbocycles. The van der Waals surface area contributed by atoms with Crippen LogP contribution in [0.4, 0.5) is 24.7 Å². The third-order valence-electron chi connectivity index (χ3n) is 1.64. The highest BCUT2D eigenvalue weighted by atomic mass is 19.4. The number of nitrogens with zero attached hydrogens (tertiary/aromatic N) is 1. The zero-order chi connectivity index (χ0) is 11.5. The van der Waals surface area contributed by atoms with Crippen molar-refractivity contribution in [3.8, 4) is 0 Å². The van der Waals surface area contributed by atoms with Gasteiger partial charge in [0.2, 0.25) is 0 Å². The Labute approximate surface area is 83.9 Å². The summed E-state index contributed by atoms with van der Waals surface area (Å²) >= 11 is 0. The van der Waals surface area contributed by atoms with Gasteiger partial charge in [0.25, 0.3) is 0 Å². The molecule has 1 aromatic heterocycles. The minimum Gasteiger partial charge on any atom is -0.397 e. The van der Waals surface area contributed by atoms with Crippen molar-refractivity contribution in [2.24, 2.45) is 0 Å². The number of nitrogens with one attached hydrogen (secondary N) is 1. The SMILES string of the molecule is Nc1ccc(NCC(O)C(F)(F)F)nc1. The van der Waals surface area contributed by atoms with Crippen LogP contribution in [0.3, 0.4) is 0 Å². The lowest BCUT2D eigenvalue weighted by Crippen LogP contribution is -2.35. The predicted octanol–water partition coefficient (Wildman–Crippen LogP) is 0.999. The first-order valence-electron chi connectivity index (χ1n) is 4.10. The minimum absolute atomic E-state index is 0.229. The summed E-state index contributed by atoms with van der Waals surface area (Å²) in [6.07, 6.45) is -5.72. The molecular weight excluding hydrogens is 211 g/mol. The second kappa shape index (κ2) is 4.35. The van der Waals surface area contributed by atoms with Gasteiger partial charge in [0.15, 0.2) is 6.10 Å². The Morgan fingerprint density at radius 3 is 2.60 bits per heavy atom. The highest BCUT2D eigenvalue weighted by Gasteiger charge is 2.37. The van der Waals surface area contributed by atoms with Crippen molar-refractivity contribution in [1.29, 1.82) is 0 Å². The van der Waals surface area contributed by atoms with Crippen molar-refractivity contribution in [3.05, 3.63) is 18.3 Å². The average Bonchev–Trinajstić information content (AvgIpc) is 2.15. The first-order valence-corrected chi connectivity index (χ1v) is 4.10. The van der Waals surface area contributed by atoms with Crippen LogP contribution < -0.4 is 11.1 Å². The Hall–Kier alpha value is -1.50. The van der Waals surface area contributed by atoms with Crippen molar-refractivity contribution in [1.82, 2.24) is 4.98 Å². The summed E-state index contributed by atoms with van der Waals surface area (Å²) < 4.78 is 35.7. The number of halogens is 3. The summed E-state index contributed by atoms with van der Waals surface area (Å²) in [6, 6.07) is 2.92. The monoisotopic (exact) mass is 221 g/mol. The zero-order valence-corrected chi connectivity index (χ0v) is 7.62. The second-order valence-electron chi connectivity index (χ2n) is 2.92. The molecule has 0 fully saturated rings. The Morgan fingerprint density at radius 2 is 2.13 bits per heavy atom. The molecule has 1 unspecified atom stereocenters. The maximum absolute atomic E-state index is 11.9. The van der Waals surface area contributed by atoms with Crippen LogP contribution in [-0.2, 0) is 0 Å². The molecule has 1 aromatic rings. The molecule has 4 N–H and O–H groups in total. The summed E-state index contributed by atoms with van der Waals surface area (Å²) in [5, 5.41) is 11.0. The molecule has 0 aliphatic rings. The number of pyridine rings is 1. The molecule has 0 spiro atoms. The molecule has 0 radical (unpaired) electrons. The van der Waals surface area contributed by atoms with Crippen molar-refractivity contribution >= 4 is 11.5 Å². The van der Waals surface area contributed by atoms with Crippen molar-refractivity contribution < 1.29 is 18.3 Å². The topological polar surface area (TPSA) is 71.2 Å². The van der Waals surface area contributed by atoms with E-state index in [4.69, 9.17) is 10.8 Å². The number of aliphatic hydroxyl groups excluding tert-OH is 1. The number of nitrogens with two attached hydrogens (primary N) is 1. The Kier molecular flexibility index (Phi) is 3.35. The summed E-state index contributed by atoms with van der Waals surface area (Å²) in [4.78, 5) is 3.72. The lowest BCUT2D eigenvalue weighted by atomic mass is 10.3. The van der Waals surface area contributed by atoms with Gasteiger partial charge in [0.05, 0.1) is 18.4 Å². The van der Waals surface area contributed by atoms with Gasteiger partial charge in [-0.15, -0.1) is 0 Å². The smallest absolute Gasteiger partial charge is 0.397 e. The van der Waals surface area contributed by atoms with Gasteiger partial charge in [-0.1, -0.05) is 0 Å². The third kappa shape index (κ3) is 3.62. The van der Waals surface area contributed by atoms with Crippen LogP contribution in [-0.4, -0.2) is 28.9 Å². The predicted molar refractivity (Wildman–Crippen MR) is 49.2 cm³/mol. The van der Waals surface area contributed by atoms with Crippen LogP contribution in [0.25, 0.3) is 0 Å². The number of aliphatic hydroxyl groups is 1. The van der Waals surface area contributed by atoms with Crippen molar-refractivity contribution in [3.63, 3.8) is 0 Å². The number of hydrogen-bond donors (Lipinski definition) is 3. The lowest BCUT2D eigenvalue weighted by Gasteiger charge is -2.15. The number of alkyl halides is 3. The van der Waals surface area contributed by atoms with E-state index < -0.39 is 18.8 Å². The van der Waals surface area contributed by atoms with E-state index in [1.54, 1.807) is 0 Å². The molecule has 7 heteroatoms. The van der Waals surface area contributed by atoms with E-state index in [1.165, 1.54) is 18.3 Å². The molecule has 1 heterocycles. The highest BCUT2D eigenvalue weighted by Crippen LogP contribution is 2.20. The molecule has 4 nitrogen and oxygen atoms in total. The van der Waals surface area contributed by atoms with E-state index in [0.29, 0.717) is 5.69 Å². The van der Waals surface area contributed by atoms with E-state index in [-0.39, 0.29) is 5.82 Å². The van der Waals surface area contributed by atoms with E-state index in [9.17, 15) is 13.2 Å². The zero-order valence-electron chi connectivity index (χ0n) is 7.62. The minimum atomic E-state index is -4.62. The number of rotatable bonds is 3. The molecule has 0 aliphatic heterocycles. The normalized spacial score (nSPS) is 13.6. The largest absolute Gasteiger partial charge is 0.416 e. The van der Waals surface area contributed by atoms with E-state index in [2.05, 4.69) is 10.3 Å². The molecule has 0 bridgehead atoms. The number of hydrogen-bond acceptors (Lipinski definition) is 4. The summed E-state index contributed by atoms with van der Waals surface area (Å²) in [6.45, 7) is -0.638. The summed E-state index contributed by atoms with van der Waals surface area (Å²) in [5.74, 6) is 0.229. The van der Waals surface area contributed by atoms with Gasteiger partial charge >= 0.3 is 6.18 Å². The standard InChI is InChI=1S/C8H10F3N3O/c9-8(10,11)6(15)4-14-7-2-1-5(12)3-13-7/h1-3,6,15H,4,12H2,(H,13,14). The molecule has 0 aromatic carbocycles. The molecule has 15 heavy (non-hydrogen) atoms. The lowest BCUT2D eigenvalue weighted by molar-refractivity contribution is -0.198. The Balaban J connectivity index is 2.47. The van der Waals surface area contributed by atoms with Gasteiger partial charge in [0.1, 0.15) is 5.82 Å². The van der Waals surface area contributed by atoms with E-state index >= 15 is 0 Å². The van der Waals surface area contributed by atoms with Gasteiger partial charge < -0.3 is 16.2 Å². The Morgan fingerprint density at radius 1 is 1.47 bits per heavy atom. The molecule has 1 atom stereocenters. The maximum atomic E-state index is 11.9. The highest BCUT2D eigenvalue weighted by molar-refractivity contribution is 5.43. The molecule has 1 rings (SSSR count). The molecule has 0 amide bonds. The van der Waals surface area contributed by atoms with Crippen LogP contribution >= 0.6 is 0 Å². The fraction of sp³-hybridized carbons (Fsp3) is 0.375. The fourth-order valence-electron chi connectivity index (χ4n) is 0.827. The van der Waals surface area contributed by atoms with Crippen molar-refractivity contribution in [2.75, 3.05) is 17.6 Å². The van der Waals surface area contributed by atoms with Gasteiger partial charge in [-0.25, -0.2) is 4.98 Å². The summed E-state index contributed by atoms with van der Waals surface area (Å²) in [5.41, 5.74) is 5.75. The van der Waals surface area contributed by atoms with Crippen LogP contribution in [0.2, 0.25) is 0 Å². The average molecular weight is 221 g/mol. The first-order chi connectivity index (χ1) is 6.89. The van der Waals surface area contributed by atoms with Crippen LogP contribution in [0.15, 0.2) is 18.3 Å². The third-order valence-corrected chi connectivity index (χ3v) is 1.64. The van der Waals surface area contributed by atoms with Crippen molar-refractivity contribution in [2.45, 2.75) is 12.3 Å². The number of anilines is 2. The fourth-order valence-corrected chi connectivity index (χ4v) is 0.827. The molecule has 0 aliphatic carbocycles. The first kappa shape index (κ1) is 11.6. The van der Waals surface area contributed by atoms with Gasteiger partial charge in [-0.3, -0.25) is 0 Å². The molecule has 84 valence electrons. The van der Waals surface area contributed by atoms with E-state index in [0.717, 1.165) is 0 Å². The second-order valence-corrected chi connectivity index (χ2v) is 2.92. The molecule has 0 saturated heterocycles. The van der Waals surface area contributed by atoms with Crippen LogP contribution in [0, 0.1) is 0 Å². The van der Waals surface area contributed by atoms with E-state index in [1.807, 2.05) is 0 Å². The number of nitrogen functional groups attached to an aromatic ring is 1. The van der Waals surface area contributed by atoms with Crippen LogP contribution in [0.1, 0.15) is 0 Å². The van der Waals surface area contributed by atoms with Gasteiger partial charge in [0, 0.05) is 0 Å². The van der Waals surface area contributed by atoms with Crippen LogP contribution in [0.5, 0.6) is 0 Å². The molecular formula is C8H10F3N3O. The number of aromatic nitrogens is 1. The maximum Gasteiger partial charge on any atom is 0.416 e. The quantitative estimate of drug-likeness (QED) is 0.712. The van der Waals surface area contributed by atoms with Gasteiger partial charge in [-0.05, 0) is 12.1 Å². The Bertz CT molecular complexity index is 312.